The lowest BCUT2D eigenvalue weighted by Crippen LogP contribution is -2.42. The molecule has 0 spiro atoms. The van der Waals surface area contributed by atoms with Crippen molar-refractivity contribution in [2.24, 2.45) is 5.73 Å². The van der Waals surface area contributed by atoms with Crippen LogP contribution in [0.3, 0.4) is 0 Å². The van der Waals surface area contributed by atoms with Gasteiger partial charge in [-0.05, 0) is 32.1 Å². The predicted molar refractivity (Wildman–Crippen MR) is 57.4 cm³/mol. The number of pyridine rings is 1. The molecule has 0 bridgehead atoms. The fraction of sp³-hybridized carbons (Fsp3) is 0.400. The molecule has 0 fully saturated rings. The van der Waals surface area contributed by atoms with Crippen LogP contribution in [0, 0.1) is 0 Å². The second kappa shape index (κ2) is 4.75. The lowest BCUT2D eigenvalue weighted by molar-refractivity contribution is -0.122. The van der Waals surface area contributed by atoms with Crippen LogP contribution < -0.4 is 11.3 Å². The van der Waals surface area contributed by atoms with Gasteiger partial charge in [0, 0.05) is 12.3 Å². The third-order valence-corrected chi connectivity index (χ3v) is 2.22. The summed E-state index contributed by atoms with van der Waals surface area (Å²) in [5.74, 6) is -0.389. The van der Waals surface area contributed by atoms with Gasteiger partial charge in [0.15, 0.2) is 0 Å². The number of primary amides is 1. The van der Waals surface area contributed by atoms with Gasteiger partial charge < -0.3 is 10.7 Å². The molecule has 0 saturated carbocycles. The predicted octanol–water partition coefficient (Wildman–Crippen LogP) is -0.667. The topological polar surface area (TPSA) is 79.2 Å². The first-order valence-corrected chi connectivity index (χ1v) is 4.64. The lowest BCUT2D eigenvalue weighted by Gasteiger charge is -2.20. The highest BCUT2D eigenvalue weighted by atomic mass is 16.1. The second-order valence-corrected chi connectivity index (χ2v) is 3.65. The van der Waals surface area contributed by atoms with Crippen molar-refractivity contribution >= 4 is 5.91 Å². The minimum Gasteiger partial charge on any atom is -0.368 e. The molecule has 0 aliphatic carbocycles. The molecule has 1 aromatic rings. The largest absolute Gasteiger partial charge is 0.368 e. The molecule has 1 heterocycles. The van der Waals surface area contributed by atoms with E-state index in [1.807, 2.05) is 0 Å². The summed E-state index contributed by atoms with van der Waals surface area (Å²) < 4.78 is 0. The highest BCUT2D eigenvalue weighted by molar-refractivity contribution is 5.80. The maximum Gasteiger partial charge on any atom is 0.248 e. The normalized spacial score (nSPS) is 12.7. The Hall–Kier alpha value is -1.62. The highest BCUT2D eigenvalue weighted by Crippen LogP contribution is 2.03. The molecule has 5 heteroatoms. The standard InChI is InChI=1S/C10H15N3O2/c1-13(2)8(10(11)15)5-7-3-4-12-9(14)6-7/h3-4,6,8H,5H2,1-2H3,(H2,11,15)(H,12,14). The van der Waals surface area contributed by atoms with Gasteiger partial charge in [0.25, 0.3) is 0 Å². The van der Waals surface area contributed by atoms with E-state index in [0.717, 1.165) is 5.56 Å². The van der Waals surface area contributed by atoms with Crippen molar-refractivity contribution in [3.63, 3.8) is 0 Å². The third-order valence-electron chi connectivity index (χ3n) is 2.22. The quantitative estimate of drug-likeness (QED) is 0.690. The number of H-pyrrole nitrogens is 1. The highest BCUT2D eigenvalue weighted by Gasteiger charge is 2.17. The molecule has 0 aliphatic rings. The third kappa shape index (κ3) is 3.21. The molecule has 1 rings (SSSR count). The first-order chi connectivity index (χ1) is 7.00. The summed E-state index contributed by atoms with van der Waals surface area (Å²) in [6, 6.07) is 2.85. The lowest BCUT2D eigenvalue weighted by atomic mass is 10.1. The number of nitrogens with zero attached hydrogens (tertiary/aromatic N) is 1. The molecule has 0 aromatic carbocycles. The van der Waals surface area contributed by atoms with E-state index in [9.17, 15) is 9.59 Å². The second-order valence-electron chi connectivity index (χ2n) is 3.65. The number of likely N-dealkylation sites (N-methyl/N-ethyl adjacent to an activating group) is 1. The zero-order valence-electron chi connectivity index (χ0n) is 8.86. The van der Waals surface area contributed by atoms with Crippen molar-refractivity contribution in [1.29, 1.82) is 0 Å². The first kappa shape index (κ1) is 11.5. The molecule has 0 saturated heterocycles. The number of hydrogen-bond donors (Lipinski definition) is 2. The Kier molecular flexibility index (Phi) is 3.62. The van der Waals surface area contributed by atoms with E-state index in [1.54, 1.807) is 31.3 Å². The average Bonchev–Trinajstić information content (AvgIpc) is 2.13. The molecule has 5 nitrogen and oxygen atoms in total. The molecule has 3 N–H and O–H groups in total. The zero-order valence-corrected chi connectivity index (χ0v) is 8.86. The Morgan fingerprint density at radius 1 is 1.60 bits per heavy atom. The summed E-state index contributed by atoms with van der Waals surface area (Å²) >= 11 is 0. The maximum atomic E-state index is 11.1. The van der Waals surface area contributed by atoms with Gasteiger partial charge >= 0.3 is 0 Å². The van der Waals surface area contributed by atoms with Crippen molar-refractivity contribution in [1.82, 2.24) is 9.88 Å². The molecular formula is C10H15N3O2. The molecule has 1 amide bonds. The number of carbonyl (C=O) groups is 1. The van der Waals surface area contributed by atoms with Gasteiger partial charge in [0.1, 0.15) is 0 Å². The number of nitrogens with two attached hydrogens (primary N) is 1. The number of nitrogens with one attached hydrogen (secondary N) is 1. The van der Waals surface area contributed by atoms with Crippen molar-refractivity contribution < 1.29 is 4.79 Å². The Morgan fingerprint density at radius 2 is 2.27 bits per heavy atom. The number of carbonyl (C=O) groups excluding carboxylic acids is 1. The summed E-state index contributed by atoms with van der Waals surface area (Å²) in [5, 5.41) is 0. The average molecular weight is 209 g/mol. The summed E-state index contributed by atoms with van der Waals surface area (Å²) in [7, 11) is 3.56. The Morgan fingerprint density at radius 3 is 2.73 bits per heavy atom. The van der Waals surface area contributed by atoms with Gasteiger partial charge in [-0.25, -0.2) is 0 Å². The maximum absolute atomic E-state index is 11.1. The zero-order chi connectivity index (χ0) is 11.4. The van der Waals surface area contributed by atoms with Crippen LogP contribution in [-0.2, 0) is 11.2 Å². The summed E-state index contributed by atoms with van der Waals surface area (Å²) in [6.45, 7) is 0. The van der Waals surface area contributed by atoms with Gasteiger partial charge in [0.2, 0.25) is 11.5 Å². The monoisotopic (exact) mass is 209 g/mol. The van der Waals surface area contributed by atoms with Gasteiger partial charge in [-0.3, -0.25) is 14.5 Å². The van der Waals surface area contributed by atoms with Gasteiger partial charge in [-0.1, -0.05) is 0 Å². The number of aromatic amines is 1. The van der Waals surface area contributed by atoms with E-state index < -0.39 is 0 Å². The van der Waals surface area contributed by atoms with Gasteiger partial charge in [-0.2, -0.15) is 0 Å². The van der Waals surface area contributed by atoms with E-state index in [2.05, 4.69) is 4.98 Å². The van der Waals surface area contributed by atoms with Crippen LogP contribution in [0.2, 0.25) is 0 Å². The van der Waals surface area contributed by atoms with Crippen LogP contribution >= 0.6 is 0 Å². The fourth-order valence-corrected chi connectivity index (χ4v) is 1.38. The molecule has 0 aliphatic heterocycles. The van der Waals surface area contributed by atoms with Gasteiger partial charge in [-0.15, -0.1) is 0 Å². The summed E-state index contributed by atoms with van der Waals surface area (Å²) in [4.78, 5) is 26.4. The van der Waals surface area contributed by atoms with Crippen molar-refractivity contribution in [2.75, 3.05) is 14.1 Å². The van der Waals surface area contributed by atoms with E-state index in [-0.39, 0.29) is 17.5 Å². The van der Waals surface area contributed by atoms with Gasteiger partial charge in [0.05, 0.1) is 6.04 Å². The minimum atomic E-state index is -0.389. The van der Waals surface area contributed by atoms with Crippen LogP contribution in [-0.4, -0.2) is 35.9 Å². The number of aromatic nitrogens is 1. The van der Waals surface area contributed by atoms with Crippen LogP contribution in [0.4, 0.5) is 0 Å². The van der Waals surface area contributed by atoms with Crippen LogP contribution in [0.15, 0.2) is 23.1 Å². The molecule has 1 aromatic heterocycles. The number of rotatable bonds is 4. The van der Waals surface area contributed by atoms with Crippen molar-refractivity contribution in [3.05, 3.63) is 34.2 Å². The molecule has 1 unspecified atom stereocenters. The molecule has 0 radical (unpaired) electrons. The molecule has 82 valence electrons. The van der Waals surface area contributed by atoms with Crippen LogP contribution in [0.5, 0.6) is 0 Å². The van der Waals surface area contributed by atoms with Crippen molar-refractivity contribution in [2.45, 2.75) is 12.5 Å². The van der Waals surface area contributed by atoms with E-state index in [0.29, 0.717) is 6.42 Å². The van der Waals surface area contributed by atoms with Crippen LogP contribution in [0.1, 0.15) is 5.56 Å². The smallest absolute Gasteiger partial charge is 0.248 e. The first-order valence-electron chi connectivity index (χ1n) is 4.64. The Labute approximate surface area is 87.9 Å². The number of hydrogen-bond acceptors (Lipinski definition) is 3. The Balaban J connectivity index is 2.83. The molecule has 1 atom stereocenters. The number of amides is 1. The van der Waals surface area contributed by atoms with Crippen molar-refractivity contribution in [3.8, 4) is 0 Å². The minimum absolute atomic E-state index is 0.172. The van der Waals surface area contributed by atoms with E-state index in [1.165, 1.54) is 6.07 Å². The SMILES string of the molecule is CN(C)C(Cc1cc[nH]c(=O)c1)C(N)=O. The Bertz CT molecular complexity index is 398. The van der Waals surface area contributed by atoms with E-state index in [4.69, 9.17) is 5.73 Å². The summed E-state index contributed by atoms with van der Waals surface area (Å²) in [5.41, 5.74) is 5.89. The van der Waals surface area contributed by atoms with Crippen LogP contribution in [0.25, 0.3) is 0 Å². The fourth-order valence-electron chi connectivity index (χ4n) is 1.38. The molecule has 15 heavy (non-hydrogen) atoms. The summed E-state index contributed by atoms with van der Waals surface area (Å²) in [6.07, 6.45) is 2.01. The molecular weight excluding hydrogens is 194 g/mol. The van der Waals surface area contributed by atoms with E-state index >= 15 is 0 Å².